The number of hydrogen-bond acceptors (Lipinski definition) is 8. The zero-order valence-electron chi connectivity index (χ0n) is 24.2. The Labute approximate surface area is 238 Å². The van der Waals surface area contributed by atoms with Crippen molar-refractivity contribution in [2.24, 2.45) is 0 Å². The van der Waals surface area contributed by atoms with Crippen LogP contribution >= 0.6 is 0 Å². The molecule has 220 valence electrons. The number of ether oxygens (including phenoxy) is 1. The smallest absolute Gasteiger partial charge is 0.410 e. The highest BCUT2D eigenvalue weighted by atomic mass is 19.3. The number of alkyl halides is 2. The molecule has 0 radical (unpaired) electrons. The number of pyridine rings is 1. The Balaban J connectivity index is 1.49. The molecule has 0 bridgehead atoms. The second-order valence-corrected chi connectivity index (χ2v) is 11.9. The number of anilines is 1. The first-order chi connectivity index (χ1) is 19.2. The highest BCUT2D eigenvalue weighted by Gasteiger charge is 2.28. The van der Waals surface area contributed by atoms with Crippen LogP contribution in [-0.2, 0) is 16.7 Å². The average molecular weight is 571 g/mol. The molecule has 0 spiro atoms. The van der Waals surface area contributed by atoms with Gasteiger partial charge in [0.05, 0.1) is 11.9 Å². The minimum Gasteiger partial charge on any atom is -0.444 e. The van der Waals surface area contributed by atoms with E-state index in [9.17, 15) is 18.4 Å². The molecule has 0 aliphatic carbocycles. The number of nitrogens with one attached hydrogen (secondary N) is 1. The van der Waals surface area contributed by atoms with Gasteiger partial charge in [0.1, 0.15) is 5.60 Å². The standard InChI is InChI=1S/C29H36F2N6O4/c1-28(2,3)26-34-25(41-35-26)24(38)33-16-19-8-7-18(15-21(19)23(30)31)20-9-10-32-17-22(20)36-11-13-37(14-12-36)27(39)40-29(4,5)6/h7-10,15,17,23H,11-14,16H2,1-6H3,(H,33,38). The Hall–Kier alpha value is -4.09. The van der Waals surface area contributed by atoms with E-state index in [1.807, 2.05) is 41.5 Å². The number of carbonyl (C=O) groups excluding carboxylic acids is 2. The molecule has 3 aromatic rings. The van der Waals surface area contributed by atoms with Crippen LogP contribution in [0.5, 0.6) is 0 Å². The molecule has 1 N–H and O–H groups in total. The van der Waals surface area contributed by atoms with Gasteiger partial charge in [-0.1, -0.05) is 38.1 Å². The molecule has 3 heterocycles. The number of piperazine rings is 1. The summed E-state index contributed by atoms with van der Waals surface area (Å²) >= 11 is 0. The topological polar surface area (TPSA) is 114 Å². The molecule has 1 fully saturated rings. The molecule has 0 atom stereocenters. The molecular weight excluding hydrogens is 534 g/mol. The lowest BCUT2D eigenvalue weighted by atomic mass is 9.96. The predicted octanol–water partition coefficient (Wildman–Crippen LogP) is 5.35. The zero-order chi connectivity index (χ0) is 29.9. The first-order valence-corrected chi connectivity index (χ1v) is 13.4. The van der Waals surface area contributed by atoms with Gasteiger partial charge in [-0.15, -0.1) is 0 Å². The van der Waals surface area contributed by atoms with Gasteiger partial charge in [-0.2, -0.15) is 4.98 Å². The van der Waals surface area contributed by atoms with E-state index < -0.39 is 23.3 Å². The second-order valence-electron chi connectivity index (χ2n) is 11.9. The van der Waals surface area contributed by atoms with Gasteiger partial charge in [0.2, 0.25) is 0 Å². The van der Waals surface area contributed by atoms with Crippen LogP contribution in [0.2, 0.25) is 0 Å². The Morgan fingerprint density at radius 2 is 1.78 bits per heavy atom. The van der Waals surface area contributed by atoms with Crippen LogP contribution < -0.4 is 10.2 Å². The van der Waals surface area contributed by atoms with Gasteiger partial charge >= 0.3 is 17.9 Å². The second kappa shape index (κ2) is 11.8. The van der Waals surface area contributed by atoms with Gasteiger partial charge in [-0.3, -0.25) is 9.78 Å². The van der Waals surface area contributed by atoms with Crippen molar-refractivity contribution in [3.05, 3.63) is 59.5 Å². The fourth-order valence-corrected chi connectivity index (χ4v) is 4.34. The third-order valence-electron chi connectivity index (χ3n) is 6.49. The van der Waals surface area contributed by atoms with E-state index in [0.717, 1.165) is 11.3 Å². The van der Waals surface area contributed by atoms with Crippen molar-refractivity contribution in [2.45, 2.75) is 65.5 Å². The maximum absolute atomic E-state index is 14.2. The quantitative estimate of drug-likeness (QED) is 0.422. The lowest BCUT2D eigenvalue weighted by molar-refractivity contribution is 0.0240. The van der Waals surface area contributed by atoms with Crippen molar-refractivity contribution < 1.29 is 27.6 Å². The Morgan fingerprint density at radius 3 is 2.39 bits per heavy atom. The number of nitrogens with zero attached hydrogens (tertiary/aromatic N) is 5. The number of amides is 2. The predicted molar refractivity (Wildman–Crippen MR) is 149 cm³/mol. The van der Waals surface area contributed by atoms with Gasteiger partial charge in [-0.05, 0) is 44.0 Å². The summed E-state index contributed by atoms with van der Waals surface area (Å²) in [4.78, 5) is 37.1. The van der Waals surface area contributed by atoms with Crippen LogP contribution in [0.3, 0.4) is 0 Å². The molecule has 10 nitrogen and oxygen atoms in total. The van der Waals surface area contributed by atoms with Crippen LogP contribution in [0.15, 0.2) is 41.2 Å². The summed E-state index contributed by atoms with van der Waals surface area (Å²) in [5.74, 6) is -0.489. The Morgan fingerprint density at radius 1 is 1.07 bits per heavy atom. The summed E-state index contributed by atoms with van der Waals surface area (Å²) < 4.78 is 38.9. The zero-order valence-corrected chi connectivity index (χ0v) is 24.2. The number of halogens is 2. The van der Waals surface area contributed by atoms with Gasteiger partial charge in [-0.25, -0.2) is 13.6 Å². The van der Waals surface area contributed by atoms with E-state index in [1.165, 1.54) is 6.07 Å². The molecule has 0 unspecified atom stereocenters. The maximum atomic E-state index is 14.2. The van der Waals surface area contributed by atoms with E-state index in [-0.39, 0.29) is 29.7 Å². The van der Waals surface area contributed by atoms with Gasteiger partial charge < -0.3 is 24.4 Å². The monoisotopic (exact) mass is 570 g/mol. The molecule has 2 amide bonds. The normalized spacial score (nSPS) is 14.4. The first-order valence-electron chi connectivity index (χ1n) is 13.4. The van der Waals surface area contributed by atoms with Crippen molar-refractivity contribution in [1.29, 1.82) is 0 Å². The van der Waals surface area contributed by atoms with Crippen LogP contribution in [0.25, 0.3) is 11.1 Å². The molecule has 1 aliphatic rings. The Kier molecular flexibility index (Phi) is 8.60. The van der Waals surface area contributed by atoms with Crippen molar-refractivity contribution in [1.82, 2.24) is 25.3 Å². The number of hydrogen-bond donors (Lipinski definition) is 1. The summed E-state index contributed by atoms with van der Waals surface area (Å²) in [5.41, 5.74) is 1.21. The van der Waals surface area contributed by atoms with Gasteiger partial charge in [0.25, 0.3) is 6.43 Å². The minimum atomic E-state index is -2.76. The van der Waals surface area contributed by atoms with Crippen LogP contribution in [-0.4, -0.2) is 63.8 Å². The van der Waals surface area contributed by atoms with Crippen molar-refractivity contribution >= 4 is 17.7 Å². The third-order valence-corrected chi connectivity index (χ3v) is 6.49. The molecule has 2 aromatic heterocycles. The molecule has 41 heavy (non-hydrogen) atoms. The SMILES string of the molecule is CC(C)(C)OC(=O)N1CCN(c2cnccc2-c2ccc(CNC(=O)c3nc(C(C)(C)C)no3)c(C(F)F)c2)CC1. The number of carbonyl (C=O) groups is 2. The van der Waals surface area contributed by atoms with E-state index in [1.54, 1.807) is 35.5 Å². The lowest BCUT2D eigenvalue weighted by Gasteiger charge is -2.37. The number of rotatable bonds is 6. The molecule has 1 aromatic carbocycles. The lowest BCUT2D eigenvalue weighted by Crippen LogP contribution is -2.50. The van der Waals surface area contributed by atoms with E-state index in [4.69, 9.17) is 9.26 Å². The van der Waals surface area contributed by atoms with Gasteiger partial charge in [0.15, 0.2) is 5.82 Å². The largest absolute Gasteiger partial charge is 0.444 e. The molecule has 0 saturated carbocycles. The summed E-state index contributed by atoms with van der Waals surface area (Å²) in [6.07, 6.45) is 0.189. The van der Waals surface area contributed by atoms with Crippen LogP contribution in [0.1, 0.15) is 75.6 Å². The van der Waals surface area contributed by atoms with Crippen LogP contribution in [0, 0.1) is 0 Å². The first kappa shape index (κ1) is 29.9. The maximum Gasteiger partial charge on any atom is 0.410 e. The average Bonchev–Trinajstić information content (AvgIpc) is 3.42. The van der Waals surface area contributed by atoms with Crippen molar-refractivity contribution in [3.63, 3.8) is 0 Å². The highest BCUT2D eigenvalue weighted by molar-refractivity contribution is 5.89. The summed E-state index contributed by atoms with van der Waals surface area (Å²) in [6, 6.07) is 6.54. The third kappa shape index (κ3) is 7.36. The number of benzene rings is 1. The summed E-state index contributed by atoms with van der Waals surface area (Å²) in [6.45, 7) is 13.0. The highest BCUT2D eigenvalue weighted by Crippen LogP contribution is 2.34. The fourth-order valence-electron chi connectivity index (χ4n) is 4.34. The molecular formula is C29H36F2N6O4. The van der Waals surface area contributed by atoms with Crippen molar-refractivity contribution in [3.8, 4) is 11.1 Å². The van der Waals surface area contributed by atoms with Crippen LogP contribution in [0.4, 0.5) is 19.3 Å². The Bertz CT molecular complexity index is 1390. The van der Waals surface area contributed by atoms with Gasteiger partial charge in [0, 0.05) is 55.5 Å². The molecule has 1 saturated heterocycles. The summed E-state index contributed by atoms with van der Waals surface area (Å²) in [5, 5.41) is 6.42. The minimum absolute atomic E-state index is 0.137. The molecule has 4 rings (SSSR count). The fraction of sp³-hybridized carbons (Fsp3) is 0.483. The number of aromatic nitrogens is 3. The van der Waals surface area contributed by atoms with E-state index in [0.29, 0.717) is 37.6 Å². The molecule has 12 heteroatoms. The summed E-state index contributed by atoms with van der Waals surface area (Å²) in [7, 11) is 0. The van der Waals surface area contributed by atoms with E-state index in [2.05, 4.69) is 25.3 Å². The molecule has 1 aliphatic heterocycles. The van der Waals surface area contributed by atoms with Crippen molar-refractivity contribution in [2.75, 3.05) is 31.1 Å². The van der Waals surface area contributed by atoms with E-state index >= 15 is 0 Å².